The predicted molar refractivity (Wildman–Crippen MR) is 127 cm³/mol. The summed E-state index contributed by atoms with van der Waals surface area (Å²) in [7, 11) is 4.96. The summed E-state index contributed by atoms with van der Waals surface area (Å²) in [6.45, 7) is 2.52. The van der Waals surface area contributed by atoms with Crippen LogP contribution in [0, 0.1) is 5.82 Å². The second-order valence-corrected chi connectivity index (χ2v) is 9.05. The summed E-state index contributed by atoms with van der Waals surface area (Å²) < 4.78 is 21.8. The van der Waals surface area contributed by atoms with Crippen LogP contribution < -0.4 is 4.74 Å². The van der Waals surface area contributed by atoms with Crippen LogP contribution in [0.4, 0.5) is 4.39 Å². The molecule has 0 radical (unpaired) electrons. The molecular formula is C25H25FN2O3S. The number of hydrogen-bond acceptors (Lipinski definition) is 4. The summed E-state index contributed by atoms with van der Waals surface area (Å²) in [6, 6.07) is 11.2. The summed E-state index contributed by atoms with van der Waals surface area (Å²) in [6.07, 6.45) is 2.67. The molecule has 0 unspecified atom stereocenters. The molecule has 32 heavy (non-hydrogen) atoms. The standard InChI is InChI=1S/C25H25FN2O3S/c1-15(29)28-11-7-8-16(14-28)18-12-19(17-9-5-6-10-21(17)31-4)20-13-22(25(30)27(2)3)32-24(20)23(18)26/h5-6,8-10,12-13H,7,11,14H2,1-4H3. The monoisotopic (exact) mass is 452 g/mol. The zero-order valence-electron chi connectivity index (χ0n) is 18.6. The summed E-state index contributed by atoms with van der Waals surface area (Å²) in [5.41, 5.74) is 2.84. The number of methoxy groups -OCH3 is 1. The van der Waals surface area contributed by atoms with E-state index in [1.165, 1.54) is 11.8 Å². The smallest absolute Gasteiger partial charge is 0.263 e. The lowest BCUT2D eigenvalue weighted by Crippen LogP contribution is -2.33. The zero-order chi connectivity index (χ0) is 23.0. The number of fused-ring (bicyclic) bond motifs is 1. The third kappa shape index (κ3) is 3.88. The first-order valence-electron chi connectivity index (χ1n) is 10.4. The van der Waals surface area contributed by atoms with Crippen LogP contribution >= 0.6 is 11.3 Å². The molecule has 166 valence electrons. The van der Waals surface area contributed by atoms with E-state index >= 15 is 4.39 Å². The van der Waals surface area contributed by atoms with E-state index in [4.69, 9.17) is 4.74 Å². The molecule has 0 saturated heterocycles. The van der Waals surface area contributed by atoms with Gasteiger partial charge in [0.1, 0.15) is 11.6 Å². The van der Waals surface area contributed by atoms with Gasteiger partial charge in [-0.05, 0) is 35.8 Å². The zero-order valence-corrected chi connectivity index (χ0v) is 19.4. The molecule has 0 N–H and O–H groups in total. The maximum absolute atomic E-state index is 15.8. The minimum atomic E-state index is -0.363. The van der Waals surface area contributed by atoms with Crippen molar-refractivity contribution < 1.29 is 18.7 Å². The van der Waals surface area contributed by atoms with Gasteiger partial charge in [-0.1, -0.05) is 24.3 Å². The van der Waals surface area contributed by atoms with Crippen molar-refractivity contribution in [3.05, 3.63) is 58.7 Å². The van der Waals surface area contributed by atoms with E-state index in [2.05, 4.69) is 0 Å². The van der Waals surface area contributed by atoms with Gasteiger partial charge in [0.15, 0.2) is 0 Å². The number of benzene rings is 2. The number of thiophene rings is 1. The Morgan fingerprint density at radius 3 is 2.56 bits per heavy atom. The topological polar surface area (TPSA) is 49.9 Å². The van der Waals surface area contributed by atoms with Crippen LogP contribution in [0.3, 0.4) is 0 Å². The largest absolute Gasteiger partial charge is 0.496 e. The predicted octanol–water partition coefficient (Wildman–Crippen LogP) is 5.05. The molecule has 0 atom stereocenters. The normalized spacial score (nSPS) is 13.8. The molecule has 2 amide bonds. The maximum Gasteiger partial charge on any atom is 0.263 e. The highest BCUT2D eigenvalue weighted by atomic mass is 32.1. The SMILES string of the molecule is COc1ccccc1-c1cc(C2=CCCN(C(C)=O)C2)c(F)c2sc(C(=O)N(C)C)cc12. The number of para-hydroxylation sites is 1. The van der Waals surface area contributed by atoms with Crippen molar-refractivity contribution in [1.82, 2.24) is 9.80 Å². The number of nitrogens with zero attached hydrogens (tertiary/aromatic N) is 2. The summed E-state index contributed by atoms with van der Waals surface area (Å²) in [4.78, 5) is 28.2. The molecule has 1 aliphatic rings. The Labute approximate surface area is 190 Å². The van der Waals surface area contributed by atoms with E-state index in [0.29, 0.717) is 45.8 Å². The Balaban J connectivity index is 1.98. The average Bonchev–Trinajstić information content (AvgIpc) is 3.25. The Kier molecular flexibility index (Phi) is 6.02. The number of carbonyl (C=O) groups is 2. The van der Waals surface area contributed by atoms with Gasteiger partial charge in [-0.2, -0.15) is 0 Å². The maximum atomic E-state index is 15.8. The van der Waals surface area contributed by atoms with Crippen LogP contribution in [-0.4, -0.2) is 55.9 Å². The van der Waals surface area contributed by atoms with Crippen LogP contribution in [0.15, 0.2) is 42.5 Å². The highest BCUT2D eigenvalue weighted by Gasteiger charge is 2.25. The molecule has 2 heterocycles. The molecule has 1 aromatic heterocycles. The van der Waals surface area contributed by atoms with Crippen molar-refractivity contribution in [2.24, 2.45) is 0 Å². The number of halogens is 1. The summed E-state index contributed by atoms with van der Waals surface area (Å²) in [5.74, 6) is 0.105. The molecule has 4 rings (SSSR count). The fourth-order valence-corrected chi connectivity index (χ4v) is 5.16. The number of hydrogen-bond donors (Lipinski definition) is 0. The van der Waals surface area contributed by atoms with E-state index in [1.54, 1.807) is 32.2 Å². The fraction of sp³-hybridized carbons (Fsp3) is 0.280. The Bertz CT molecular complexity index is 1250. The molecule has 0 bridgehead atoms. The first-order chi connectivity index (χ1) is 15.3. The van der Waals surface area contributed by atoms with Crippen molar-refractivity contribution in [3.8, 4) is 16.9 Å². The van der Waals surface area contributed by atoms with Gasteiger partial charge >= 0.3 is 0 Å². The molecule has 0 saturated carbocycles. The number of ether oxygens (including phenoxy) is 1. The van der Waals surface area contributed by atoms with Crippen molar-refractivity contribution in [3.63, 3.8) is 0 Å². The quantitative estimate of drug-likeness (QED) is 0.556. The number of amides is 2. The Morgan fingerprint density at radius 2 is 1.88 bits per heavy atom. The van der Waals surface area contributed by atoms with E-state index in [-0.39, 0.29) is 17.6 Å². The molecule has 1 aliphatic heterocycles. The first kappa shape index (κ1) is 22.0. The van der Waals surface area contributed by atoms with Crippen LogP contribution in [0.2, 0.25) is 0 Å². The van der Waals surface area contributed by atoms with Gasteiger partial charge in [0.05, 0.1) is 16.7 Å². The molecule has 3 aromatic rings. The van der Waals surface area contributed by atoms with Gasteiger partial charge in [-0.15, -0.1) is 11.3 Å². The van der Waals surface area contributed by atoms with Crippen LogP contribution in [0.25, 0.3) is 26.8 Å². The van der Waals surface area contributed by atoms with Gasteiger partial charge in [0, 0.05) is 50.6 Å². The van der Waals surface area contributed by atoms with E-state index in [1.807, 2.05) is 36.4 Å². The third-order valence-corrected chi connectivity index (χ3v) is 6.82. The lowest BCUT2D eigenvalue weighted by Gasteiger charge is -2.27. The second kappa shape index (κ2) is 8.74. The third-order valence-electron chi connectivity index (χ3n) is 5.70. The van der Waals surface area contributed by atoms with Crippen LogP contribution in [0.5, 0.6) is 5.75 Å². The Morgan fingerprint density at radius 1 is 1.12 bits per heavy atom. The minimum absolute atomic E-state index is 0.0305. The van der Waals surface area contributed by atoms with Gasteiger partial charge < -0.3 is 14.5 Å². The molecule has 0 aliphatic carbocycles. The van der Waals surface area contributed by atoms with Gasteiger partial charge in [-0.3, -0.25) is 9.59 Å². The van der Waals surface area contributed by atoms with Crippen molar-refractivity contribution >= 4 is 38.8 Å². The molecular weight excluding hydrogens is 427 g/mol. The van der Waals surface area contributed by atoms with Crippen molar-refractivity contribution in [1.29, 1.82) is 0 Å². The van der Waals surface area contributed by atoms with E-state index in [9.17, 15) is 9.59 Å². The van der Waals surface area contributed by atoms with E-state index in [0.717, 1.165) is 28.0 Å². The molecule has 5 nitrogen and oxygen atoms in total. The number of carbonyl (C=O) groups excluding carboxylic acids is 2. The molecule has 2 aromatic carbocycles. The van der Waals surface area contributed by atoms with Crippen molar-refractivity contribution in [2.75, 3.05) is 34.3 Å². The van der Waals surface area contributed by atoms with E-state index < -0.39 is 0 Å². The van der Waals surface area contributed by atoms with Gasteiger partial charge in [0.2, 0.25) is 5.91 Å². The lowest BCUT2D eigenvalue weighted by atomic mass is 9.93. The average molecular weight is 453 g/mol. The summed E-state index contributed by atoms with van der Waals surface area (Å²) >= 11 is 1.15. The number of rotatable bonds is 4. The van der Waals surface area contributed by atoms with Crippen LogP contribution in [0.1, 0.15) is 28.6 Å². The minimum Gasteiger partial charge on any atom is -0.496 e. The van der Waals surface area contributed by atoms with Crippen molar-refractivity contribution in [2.45, 2.75) is 13.3 Å². The highest BCUT2D eigenvalue weighted by molar-refractivity contribution is 7.21. The van der Waals surface area contributed by atoms with Crippen LogP contribution in [-0.2, 0) is 4.79 Å². The summed E-state index contributed by atoms with van der Waals surface area (Å²) in [5, 5.41) is 0.672. The molecule has 7 heteroatoms. The lowest BCUT2D eigenvalue weighted by molar-refractivity contribution is -0.128. The molecule has 0 spiro atoms. The Hall–Kier alpha value is -3.19. The van der Waals surface area contributed by atoms with Gasteiger partial charge in [0.25, 0.3) is 5.91 Å². The first-order valence-corrected chi connectivity index (χ1v) is 11.2. The molecule has 0 fully saturated rings. The second-order valence-electron chi connectivity index (χ2n) is 8.00. The van der Waals surface area contributed by atoms with Gasteiger partial charge in [-0.25, -0.2) is 4.39 Å². The highest BCUT2D eigenvalue weighted by Crippen LogP contribution is 2.42. The fourth-order valence-electron chi connectivity index (χ4n) is 4.02.